The first-order valence-electron chi connectivity index (χ1n) is 16.5. The molecule has 4 atom stereocenters. The summed E-state index contributed by atoms with van der Waals surface area (Å²) in [7, 11) is -4.35. The Morgan fingerprint density at radius 2 is 1.59 bits per heavy atom. The summed E-state index contributed by atoms with van der Waals surface area (Å²) in [6.45, 7) is 7.78. The minimum absolute atomic E-state index is 0.165. The molecule has 7 rings (SSSR count). The van der Waals surface area contributed by atoms with Crippen molar-refractivity contribution in [2.45, 2.75) is 76.7 Å². The van der Waals surface area contributed by atoms with Crippen LogP contribution in [0.3, 0.4) is 0 Å². The zero-order chi connectivity index (χ0) is 32.6. The van der Waals surface area contributed by atoms with Crippen LogP contribution in [0.4, 0.5) is 17.1 Å². The molecular weight excluding hydrogens is 600 g/mol. The first-order chi connectivity index (χ1) is 21.9. The summed E-state index contributed by atoms with van der Waals surface area (Å²) in [5.74, 6) is 1.81. The quantitative estimate of drug-likeness (QED) is 0.151. The molecule has 10 heteroatoms. The second kappa shape index (κ2) is 12.7. The number of sulfonamides is 1. The minimum Gasteiger partial charge on any atom is -0.382 e. The Hall–Kier alpha value is -3.92. The van der Waals surface area contributed by atoms with E-state index in [4.69, 9.17) is 0 Å². The average Bonchev–Trinajstić information content (AvgIpc) is 3.05. The Morgan fingerprint density at radius 3 is 2.20 bits per heavy atom. The number of anilines is 2. The van der Waals surface area contributed by atoms with Crippen molar-refractivity contribution >= 4 is 33.0 Å². The van der Waals surface area contributed by atoms with Gasteiger partial charge >= 0.3 is 0 Å². The molecular formula is C36H44N4O5S. The lowest BCUT2D eigenvalue weighted by molar-refractivity contribution is -0.384. The Bertz CT molecular complexity index is 1700. The molecule has 46 heavy (non-hydrogen) atoms. The Balaban J connectivity index is 1.07. The number of nitro benzene ring substituents is 1. The van der Waals surface area contributed by atoms with Crippen LogP contribution in [0, 0.1) is 39.2 Å². The Kier molecular flexibility index (Phi) is 8.85. The van der Waals surface area contributed by atoms with Crippen molar-refractivity contribution in [1.29, 1.82) is 0 Å². The number of benzene rings is 3. The molecule has 9 nitrogen and oxygen atoms in total. The van der Waals surface area contributed by atoms with Gasteiger partial charge in [-0.25, -0.2) is 13.1 Å². The topological polar surface area (TPSA) is 130 Å². The van der Waals surface area contributed by atoms with Crippen LogP contribution in [0.25, 0.3) is 11.1 Å². The van der Waals surface area contributed by atoms with Crippen molar-refractivity contribution in [1.82, 2.24) is 4.72 Å². The monoisotopic (exact) mass is 644 g/mol. The number of nitrogens with one attached hydrogen (secondary N) is 3. The van der Waals surface area contributed by atoms with Gasteiger partial charge in [0.2, 0.25) is 0 Å². The normalized spacial score (nSPS) is 24.0. The predicted molar refractivity (Wildman–Crippen MR) is 181 cm³/mol. The molecule has 0 spiro atoms. The SMILES string of the molecule is C[C@@H]1[C@@H](Nc2ccc(-c3ccc(C(=O)NS(=O)(=O)c4ccc(NCC5CCCCC5)c([N+](=O)[O-])c4)cc3)cc2)CC2C[C@@H]1C2(C)C. The van der Waals surface area contributed by atoms with Crippen LogP contribution in [0.5, 0.6) is 0 Å². The molecule has 4 aliphatic carbocycles. The lowest BCUT2D eigenvalue weighted by Crippen LogP contribution is -2.58. The van der Waals surface area contributed by atoms with E-state index in [2.05, 4.69) is 48.3 Å². The molecule has 4 aliphatic rings. The molecule has 2 bridgehead atoms. The molecule has 0 saturated heterocycles. The summed E-state index contributed by atoms with van der Waals surface area (Å²) < 4.78 is 28.2. The number of hydrogen-bond acceptors (Lipinski definition) is 7. The Morgan fingerprint density at radius 1 is 0.935 bits per heavy atom. The molecule has 244 valence electrons. The van der Waals surface area contributed by atoms with E-state index in [0.29, 0.717) is 29.8 Å². The van der Waals surface area contributed by atoms with E-state index in [9.17, 15) is 23.3 Å². The van der Waals surface area contributed by atoms with E-state index >= 15 is 0 Å². The summed E-state index contributed by atoms with van der Waals surface area (Å²) in [4.78, 5) is 23.8. The third kappa shape index (κ3) is 6.49. The molecule has 3 aromatic rings. The molecule has 4 fully saturated rings. The second-order valence-electron chi connectivity index (χ2n) is 14.1. The molecule has 0 heterocycles. The van der Waals surface area contributed by atoms with Gasteiger partial charge in [-0.05, 0) is 102 Å². The molecule has 0 radical (unpaired) electrons. The van der Waals surface area contributed by atoms with Crippen molar-refractivity contribution in [3.63, 3.8) is 0 Å². The van der Waals surface area contributed by atoms with Gasteiger partial charge in [-0.2, -0.15) is 0 Å². The minimum atomic E-state index is -4.35. The fraction of sp³-hybridized carbons (Fsp3) is 0.472. The van der Waals surface area contributed by atoms with E-state index < -0.39 is 20.9 Å². The van der Waals surface area contributed by atoms with Crippen LogP contribution in [-0.2, 0) is 10.0 Å². The largest absolute Gasteiger partial charge is 0.382 e. The van der Waals surface area contributed by atoms with Crippen LogP contribution < -0.4 is 15.4 Å². The van der Waals surface area contributed by atoms with E-state index in [-0.39, 0.29) is 21.8 Å². The van der Waals surface area contributed by atoms with Gasteiger partial charge < -0.3 is 10.6 Å². The number of amides is 1. The van der Waals surface area contributed by atoms with Crippen LogP contribution >= 0.6 is 0 Å². The molecule has 0 aromatic heterocycles. The standard InChI is InChI=1S/C36H44N4O5S/c1-23-31-19-28(36(31,2)3)20-33(23)38-29-15-13-26(14-16-29)25-9-11-27(12-10-25)35(41)39-46(44,45)30-17-18-32(34(21-30)40(42)43)37-22-24-7-5-4-6-8-24/h9-18,21,23-24,28,31,33,37-38H,4-8,19-20,22H2,1-3H3,(H,39,41)/t23-,28?,31-,33-/m0/s1. The Labute approximate surface area is 271 Å². The maximum atomic E-state index is 13.1. The smallest absolute Gasteiger partial charge is 0.293 e. The fourth-order valence-electron chi connectivity index (χ4n) is 7.99. The zero-order valence-electron chi connectivity index (χ0n) is 26.8. The number of hydrogen-bond donors (Lipinski definition) is 3. The van der Waals surface area contributed by atoms with Gasteiger partial charge in [-0.1, -0.05) is 64.3 Å². The summed E-state index contributed by atoms with van der Waals surface area (Å²) in [5, 5.41) is 18.7. The molecule has 1 unspecified atom stereocenters. The highest BCUT2D eigenvalue weighted by Gasteiger charge is 2.56. The van der Waals surface area contributed by atoms with Gasteiger partial charge in [-0.15, -0.1) is 0 Å². The maximum Gasteiger partial charge on any atom is 0.293 e. The van der Waals surface area contributed by atoms with Gasteiger partial charge in [0.25, 0.3) is 21.6 Å². The maximum absolute atomic E-state index is 13.1. The number of carbonyl (C=O) groups excluding carboxylic acids is 1. The van der Waals surface area contributed by atoms with Crippen LogP contribution in [0.1, 0.15) is 76.1 Å². The zero-order valence-corrected chi connectivity index (χ0v) is 27.6. The van der Waals surface area contributed by atoms with Gasteiger partial charge in [0.15, 0.2) is 0 Å². The number of rotatable bonds is 10. The van der Waals surface area contributed by atoms with E-state index in [1.807, 2.05) is 12.1 Å². The molecule has 1 amide bonds. The molecule has 0 aliphatic heterocycles. The highest BCUT2D eigenvalue weighted by molar-refractivity contribution is 7.90. The summed E-state index contributed by atoms with van der Waals surface area (Å²) in [6, 6.07) is 19.1. The molecule has 4 saturated carbocycles. The number of carbonyl (C=O) groups is 1. The summed E-state index contributed by atoms with van der Waals surface area (Å²) in [6.07, 6.45) is 8.21. The molecule has 3 N–H and O–H groups in total. The van der Waals surface area contributed by atoms with E-state index in [1.54, 1.807) is 24.3 Å². The van der Waals surface area contributed by atoms with E-state index in [1.165, 1.54) is 31.4 Å². The first kappa shape index (κ1) is 32.0. The summed E-state index contributed by atoms with van der Waals surface area (Å²) >= 11 is 0. The second-order valence-corrected chi connectivity index (χ2v) is 15.8. The van der Waals surface area contributed by atoms with Gasteiger partial charge in [-0.3, -0.25) is 14.9 Å². The third-order valence-electron chi connectivity index (χ3n) is 11.1. The van der Waals surface area contributed by atoms with Crippen molar-refractivity contribution in [2.75, 3.05) is 17.2 Å². The molecule has 3 aromatic carbocycles. The van der Waals surface area contributed by atoms with Crippen molar-refractivity contribution in [3.05, 3.63) is 82.4 Å². The fourth-order valence-corrected chi connectivity index (χ4v) is 8.99. The van der Waals surface area contributed by atoms with Crippen LogP contribution in [0.2, 0.25) is 0 Å². The predicted octanol–water partition coefficient (Wildman–Crippen LogP) is 7.86. The van der Waals surface area contributed by atoms with Crippen LogP contribution in [0.15, 0.2) is 71.6 Å². The summed E-state index contributed by atoms with van der Waals surface area (Å²) in [5.41, 5.74) is 3.51. The van der Waals surface area contributed by atoms with E-state index in [0.717, 1.165) is 60.4 Å². The lowest BCUT2D eigenvalue weighted by Gasteiger charge is -2.62. The lowest BCUT2D eigenvalue weighted by atomic mass is 9.45. The third-order valence-corrected chi connectivity index (χ3v) is 12.4. The number of fused-ring (bicyclic) bond motifs is 2. The van der Waals surface area contributed by atoms with Gasteiger partial charge in [0.05, 0.1) is 9.82 Å². The van der Waals surface area contributed by atoms with Crippen LogP contribution in [-0.4, -0.2) is 31.8 Å². The van der Waals surface area contributed by atoms with Gasteiger partial charge in [0, 0.05) is 29.9 Å². The van der Waals surface area contributed by atoms with Crippen molar-refractivity contribution in [2.24, 2.45) is 29.1 Å². The first-order valence-corrected chi connectivity index (χ1v) is 18.0. The highest BCUT2D eigenvalue weighted by Crippen LogP contribution is 2.61. The van der Waals surface area contributed by atoms with Gasteiger partial charge in [0.1, 0.15) is 5.69 Å². The highest BCUT2D eigenvalue weighted by atomic mass is 32.2. The van der Waals surface area contributed by atoms with Crippen molar-refractivity contribution in [3.8, 4) is 11.1 Å². The number of nitrogens with zero attached hydrogens (tertiary/aromatic N) is 1. The average molecular weight is 645 g/mol. The number of nitro groups is 1. The van der Waals surface area contributed by atoms with Crippen molar-refractivity contribution < 1.29 is 18.1 Å².